The third-order valence-electron chi connectivity index (χ3n) is 3.62. The van der Waals surface area contributed by atoms with E-state index < -0.39 is 0 Å². The molecule has 3 rings (SSSR count). The van der Waals surface area contributed by atoms with E-state index in [1.54, 1.807) is 18.7 Å². The molecule has 0 spiro atoms. The van der Waals surface area contributed by atoms with Gasteiger partial charge in [-0.3, -0.25) is 9.56 Å². The molecule has 2 aromatic rings. The van der Waals surface area contributed by atoms with Crippen molar-refractivity contribution < 1.29 is 9.53 Å². The van der Waals surface area contributed by atoms with Crippen LogP contribution in [0, 0.1) is 0 Å². The van der Waals surface area contributed by atoms with E-state index in [-0.39, 0.29) is 6.03 Å². The third kappa shape index (κ3) is 2.33. The van der Waals surface area contributed by atoms with Crippen molar-refractivity contribution >= 4 is 22.8 Å². The average molecular weight is 286 g/mol. The highest BCUT2D eigenvalue weighted by Gasteiger charge is 2.18. The molecule has 21 heavy (non-hydrogen) atoms. The molecular weight excluding hydrogens is 268 g/mol. The van der Waals surface area contributed by atoms with Gasteiger partial charge >= 0.3 is 6.03 Å². The molecule has 0 aliphatic carbocycles. The molecule has 1 aromatic carbocycles. The van der Waals surface area contributed by atoms with Gasteiger partial charge in [0.2, 0.25) is 0 Å². The minimum absolute atomic E-state index is 0.166. The highest BCUT2D eigenvalue weighted by atomic mass is 16.5. The van der Waals surface area contributed by atoms with Gasteiger partial charge in [-0.1, -0.05) is 6.07 Å². The summed E-state index contributed by atoms with van der Waals surface area (Å²) in [6.45, 7) is 1.68. The minimum atomic E-state index is -0.166. The second-order valence-corrected chi connectivity index (χ2v) is 4.87. The Hall–Kier alpha value is -2.50. The quantitative estimate of drug-likeness (QED) is 0.896. The zero-order chi connectivity index (χ0) is 14.8. The summed E-state index contributed by atoms with van der Waals surface area (Å²) in [5, 5.41) is 6.87. The van der Waals surface area contributed by atoms with Crippen molar-refractivity contribution in [3.8, 4) is 5.75 Å². The van der Waals surface area contributed by atoms with E-state index in [9.17, 15) is 4.79 Å². The number of hydrogen-bond acceptors (Lipinski definition) is 4. The first-order valence-electron chi connectivity index (χ1n) is 6.91. The predicted molar refractivity (Wildman–Crippen MR) is 82.4 cm³/mol. The fourth-order valence-corrected chi connectivity index (χ4v) is 2.67. The number of rotatable bonds is 3. The number of carbonyl (C=O) groups excluding carboxylic acids is 1. The number of nitrogens with one attached hydrogen (secondary N) is 2. The fourth-order valence-electron chi connectivity index (χ4n) is 2.67. The standard InChI is InChI=1S/C15H18N4O2/c1-16-15(20)19-9-10(8-13-17-6-7-18-13)14-11(19)4-3-5-12(14)21-2/h3-5,9H,6-8H2,1-2H3,(H,16,20)(H,17,18). The van der Waals surface area contributed by atoms with E-state index in [1.807, 2.05) is 24.4 Å². The number of amides is 1. The van der Waals surface area contributed by atoms with Gasteiger partial charge in [0, 0.05) is 31.6 Å². The topological polar surface area (TPSA) is 67.7 Å². The van der Waals surface area contributed by atoms with E-state index in [2.05, 4.69) is 15.6 Å². The second kappa shape index (κ2) is 5.47. The Kier molecular flexibility index (Phi) is 3.51. The van der Waals surface area contributed by atoms with Crippen LogP contribution in [0.4, 0.5) is 4.79 Å². The molecule has 1 aromatic heterocycles. The molecule has 0 fully saturated rings. The molecule has 0 bridgehead atoms. The lowest BCUT2D eigenvalue weighted by Crippen LogP contribution is -2.23. The lowest BCUT2D eigenvalue weighted by molar-refractivity contribution is 0.245. The zero-order valence-electron chi connectivity index (χ0n) is 12.1. The van der Waals surface area contributed by atoms with Crippen LogP contribution in [0.3, 0.4) is 0 Å². The van der Waals surface area contributed by atoms with Gasteiger partial charge < -0.3 is 15.4 Å². The van der Waals surface area contributed by atoms with Crippen LogP contribution in [0.5, 0.6) is 5.75 Å². The number of fused-ring (bicyclic) bond motifs is 1. The van der Waals surface area contributed by atoms with Gasteiger partial charge in [-0.05, 0) is 17.7 Å². The molecule has 0 saturated carbocycles. The van der Waals surface area contributed by atoms with Crippen molar-refractivity contribution in [1.82, 2.24) is 15.2 Å². The smallest absolute Gasteiger partial charge is 0.325 e. The first-order valence-corrected chi connectivity index (χ1v) is 6.91. The Morgan fingerprint density at radius 1 is 1.52 bits per heavy atom. The number of benzene rings is 1. The summed E-state index contributed by atoms with van der Waals surface area (Å²) in [6, 6.07) is 5.54. The molecule has 0 unspecified atom stereocenters. The predicted octanol–water partition coefficient (Wildman–Crippen LogP) is 1.38. The Morgan fingerprint density at radius 3 is 3.05 bits per heavy atom. The van der Waals surface area contributed by atoms with Crippen molar-refractivity contribution in [3.63, 3.8) is 0 Å². The monoisotopic (exact) mass is 286 g/mol. The van der Waals surface area contributed by atoms with Gasteiger partial charge in [0.25, 0.3) is 0 Å². The van der Waals surface area contributed by atoms with Gasteiger partial charge in [0.1, 0.15) is 11.6 Å². The summed E-state index contributed by atoms with van der Waals surface area (Å²) in [5.41, 5.74) is 1.86. The van der Waals surface area contributed by atoms with E-state index >= 15 is 0 Å². The molecule has 1 aliphatic rings. The van der Waals surface area contributed by atoms with Crippen molar-refractivity contribution in [2.45, 2.75) is 6.42 Å². The van der Waals surface area contributed by atoms with Crippen molar-refractivity contribution in [2.75, 3.05) is 27.2 Å². The molecule has 0 saturated heterocycles. The highest BCUT2D eigenvalue weighted by Crippen LogP contribution is 2.31. The second-order valence-electron chi connectivity index (χ2n) is 4.87. The number of nitrogens with zero attached hydrogens (tertiary/aromatic N) is 2. The number of carbonyl (C=O) groups is 1. The van der Waals surface area contributed by atoms with E-state index in [0.29, 0.717) is 6.42 Å². The summed E-state index contributed by atoms with van der Waals surface area (Å²) in [4.78, 5) is 16.5. The van der Waals surface area contributed by atoms with E-state index in [1.165, 1.54) is 0 Å². The van der Waals surface area contributed by atoms with Gasteiger partial charge in [-0.15, -0.1) is 0 Å². The van der Waals surface area contributed by atoms with Crippen LogP contribution in [0.1, 0.15) is 5.56 Å². The van der Waals surface area contributed by atoms with Gasteiger partial charge in [-0.25, -0.2) is 4.79 Å². The van der Waals surface area contributed by atoms with Crippen LogP contribution in [-0.2, 0) is 6.42 Å². The fraction of sp³-hybridized carbons (Fsp3) is 0.333. The summed E-state index contributed by atoms with van der Waals surface area (Å²) in [5.74, 6) is 1.72. The molecule has 2 N–H and O–H groups in total. The molecule has 6 nitrogen and oxygen atoms in total. The molecule has 0 atom stereocenters. The first kappa shape index (κ1) is 13.5. The van der Waals surface area contributed by atoms with E-state index in [4.69, 9.17) is 4.74 Å². The zero-order valence-corrected chi connectivity index (χ0v) is 12.1. The van der Waals surface area contributed by atoms with Crippen molar-refractivity contribution in [2.24, 2.45) is 4.99 Å². The molecule has 1 amide bonds. The maximum Gasteiger partial charge on any atom is 0.325 e. The Morgan fingerprint density at radius 2 is 2.38 bits per heavy atom. The molecule has 0 radical (unpaired) electrons. The number of hydrogen-bond donors (Lipinski definition) is 2. The van der Waals surface area contributed by atoms with Crippen LogP contribution in [-0.4, -0.2) is 43.7 Å². The van der Waals surface area contributed by atoms with Gasteiger partial charge in [-0.2, -0.15) is 0 Å². The van der Waals surface area contributed by atoms with Crippen molar-refractivity contribution in [1.29, 1.82) is 0 Å². The van der Waals surface area contributed by atoms with E-state index in [0.717, 1.165) is 41.1 Å². The number of ether oxygens (including phenoxy) is 1. The van der Waals surface area contributed by atoms with Crippen LogP contribution in [0.15, 0.2) is 29.4 Å². The Labute approximate surface area is 122 Å². The normalized spacial score (nSPS) is 13.9. The maximum absolute atomic E-state index is 12.0. The molecule has 6 heteroatoms. The number of aromatic nitrogens is 1. The van der Waals surface area contributed by atoms with Crippen LogP contribution >= 0.6 is 0 Å². The highest BCUT2D eigenvalue weighted by molar-refractivity contribution is 5.99. The van der Waals surface area contributed by atoms with Crippen molar-refractivity contribution in [3.05, 3.63) is 30.0 Å². The summed E-state index contributed by atoms with van der Waals surface area (Å²) < 4.78 is 7.07. The SMILES string of the molecule is CNC(=O)n1cc(CC2=NCCN2)c2c(OC)cccc21. The molecule has 1 aliphatic heterocycles. The molecular formula is C15H18N4O2. The largest absolute Gasteiger partial charge is 0.496 e. The maximum atomic E-state index is 12.0. The minimum Gasteiger partial charge on any atom is -0.496 e. The summed E-state index contributed by atoms with van der Waals surface area (Å²) in [7, 11) is 3.26. The third-order valence-corrected chi connectivity index (χ3v) is 3.62. The molecule has 110 valence electrons. The Balaban J connectivity index is 2.15. The van der Waals surface area contributed by atoms with Crippen LogP contribution in [0.2, 0.25) is 0 Å². The van der Waals surface area contributed by atoms with Crippen LogP contribution < -0.4 is 15.4 Å². The summed E-state index contributed by atoms with van der Waals surface area (Å²) >= 11 is 0. The lowest BCUT2D eigenvalue weighted by atomic mass is 10.1. The Bertz CT molecular complexity index is 718. The number of aliphatic imine (C=N–C) groups is 1. The summed E-state index contributed by atoms with van der Waals surface area (Å²) in [6.07, 6.45) is 2.52. The lowest BCUT2D eigenvalue weighted by Gasteiger charge is -2.06. The van der Waals surface area contributed by atoms with Gasteiger partial charge in [0.15, 0.2) is 0 Å². The molecule has 2 heterocycles. The van der Waals surface area contributed by atoms with Crippen LogP contribution in [0.25, 0.3) is 10.9 Å². The van der Waals surface area contributed by atoms with Gasteiger partial charge in [0.05, 0.1) is 19.2 Å². The average Bonchev–Trinajstić information content (AvgIpc) is 3.15. The number of methoxy groups -OCH3 is 1. The number of amidine groups is 1. The first-order chi connectivity index (χ1) is 10.2.